The first kappa shape index (κ1) is 15.1. The predicted octanol–water partition coefficient (Wildman–Crippen LogP) is 5.28. The average Bonchev–Trinajstić information content (AvgIpc) is 2.41. The molecule has 0 spiro atoms. The Kier molecular flexibility index (Phi) is 4.86. The van der Waals surface area contributed by atoms with Gasteiger partial charge in [-0.3, -0.25) is 10.1 Å². The van der Waals surface area contributed by atoms with Crippen LogP contribution < -0.4 is 5.32 Å². The van der Waals surface area contributed by atoms with Crippen LogP contribution in [0, 0.1) is 10.1 Å². The summed E-state index contributed by atoms with van der Waals surface area (Å²) in [5.41, 5.74) is 1.54. The van der Waals surface area contributed by atoms with Gasteiger partial charge in [0.15, 0.2) is 0 Å². The molecule has 4 nitrogen and oxygen atoms in total. The molecule has 0 aliphatic rings. The number of hydrogen-bond acceptors (Lipinski definition) is 3. The Morgan fingerprint density at radius 1 is 1.15 bits per heavy atom. The lowest BCUT2D eigenvalue weighted by molar-refractivity contribution is -0.384. The second kappa shape index (κ2) is 6.43. The summed E-state index contributed by atoms with van der Waals surface area (Å²) in [5.74, 6) is 0. The van der Waals surface area contributed by atoms with Gasteiger partial charge in [0.25, 0.3) is 5.69 Å². The van der Waals surface area contributed by atoms with Gasteiger partial charge in [-0.1, -0.05) is 29.3 Å². The number of nitrogens with zero attached hydrogens (tertiary/aromatic N) is 1. The highest BCUT2D eigenvalue weighted by Crippen LogP contribution is 2.27. The number of rotatable bonds is 4. The van der Waals surface area contributed by atoms with E-state index >= 15 is 0 Å². The Morgan fingerprint density at radius 3 is 2.50 bits per heavy atom. The van der Waals surface area contributed by atoms with Crippen LogP contribution >= 0.6 is 39.1 Å². The van der Waals surface area contributed by atoms with Gasteiger partial charge in [0.1, 0.15) is 5.02 Å². The van der Waals surface area contributed by atoms with Crippen LogP contribution in [0.4, 0.5) is 11.4 Å². The van der Waals surface area contributed by atoms with E-state index in [1.54, 1.807) is 12.1 Å². The second-order valence-corrected chi connectivity index (χ2v) is 5.69. The zero-order valence-corrected chi connectivity index (χ0v) is 13.2. The minimum absolute atomic E-state index is 0.0942. The van der Waals surface area contributed by atoms with Crippen LogP contribution in [-0.4, -0.2) is 4.92 Å². The molecule has 0 fully saturated rings. The lowest BCUT2D eigenvalue weighted by atomic mass is 10.2. The van der Waals surface area contributed by atoms with Gasteiger partial charge in [-0.2, -0.15) is 0 Å². The van der Waals surface area contributed by atoms with Crippen molar-refractivity contribution in [3.05, 3.63) is 66.6 Å². The summed E-state index contributed by atoms with van der Waals surface area (Å²) in [6.07, 6.45) is 0. The van der Waals surface area contributed by atoms with Crippen LogP contribution in [0.3, 0.4) is 0 Å². The molecule has 0 unspecified atom stereocenters. The Balaban J connectivity index is 2.12. The molecule has 2 rings (SSSR count). The number of benzene rings is 2. The van der Waals surface area contributed by atoms with Crippen molar-refractivity contribution in [2.24, 2.45) is 0 Å². The van der Waals surface area contributed by atoms with E-state index in [0.717, 1.165) is 15.7 Å². The van der Waals surface area contributed by atoms with Crippen molar-refractivity contribution in [3.63, 3.8) is 0 Å². The van der Waals surface area contributed by atoms with Gasteiger partial charge in [-0.15, -0.1) is 0 Å². The maximum absolute atomic E-state index is 10.8. The summed E-state index contributed by atoms with van der Waals surface area (Å²) in [6.45, 7) is 0.450. The van der Waals surface area contributed by atoms with E-state index in [1.807, 2.05) is 12.1 Å². The number of halogens is 3. The molecule has 0 atom stereocenters. The lowest BCUT2D eigenvalue weighted by Gasteiger charge is -2.08. The molecule has 1 N–H and O–H groups in total. The van der Waals surface area contributed by atoms with E-state index in [2.05, 4.69) is 21.2 Å². The number of nitrogens with one attached hydrogen (secondary N) is 1. The molecule has 0 heterocycles. The molecule has 7 heteroatoms. The molecule has 0 amide bonds. The standard InChI is InChI=1S/C13H9BrCl2N2O2/c14-10-6-9(2-4-11(10)15)17-7-8-1-3-12(16)13(5-8)18(19)20/h1-6,17H,7H2. The third kappa shape index (κ3) is 3.62. The molecule has 2 aromatic rings. The highest BCUT2D eigenvalue weighted by atomic mass is 79.9. The topological polar surface area (TPSA) is 55.2 Å². The summed E-state index contributed by atoms with van der Waals surface area (Å²) in [6, 6.07) is 10.2. The van der Waals surface area contributed by atoms with Crippen molar-refractivity contribution >= 4 is 50.5 Å². The Bertz CT molecular complexity index is 665. The van der Waals surface area contributed by atoms with Gasteiger partial charge in [-0.25, -0.2) is 0 Å². The summed E-state index contributed by atoms with van der Waals surface area (Å²) in [5, 5.41) is 14.7. The van der Waals surface area contributed by atoms with Crippen molar-refractivity contribution in [1.82, 2.24) is 0 Å². The fourth-order valence-electron chi connectivity index (χ4n) is 1.62. The number of hydrogen-bond donors (Lipinski definition) is 1. The molecule has 0 bridgehead atoms. The number of anilines is 1. The fourth-order valence-corrected chi connectivity index (χ4v) is 2.30. The highest BCUT2D eigenvalue weighted by Gasteiger charge is 2.12. The summed E-state index contributed by atoms with van der Waals surface area (Å²) >= 11 is 15.0. The van der Waals surface area contributed by atoms with Crippen LogP contribution in [0.5, 0.6) is 0 Å². The van der Waals surface area contributed by atoms with Crippen molar-refractivity contribution < 1.29 is 4.92 Å². The van der Waals surface area contributed by atoms with Crippen LogP contribution in [0.1, 0.15) is 5.56 Å². The molecule has 0 radical (unpaired) electrons. The number of nitro groups is 1. The fraction of sp³-hybridized carbons (Fsp3) is 0.0769. The van der Waals surface area contributed by atoms with Gasteiger partial charge in [-0.05, 0) is 45.8 Å². The average molecular weight is 376 g/mol. The van der Waals surface area contributed by atoms with Gasteiger partial charge in [0, 0.05) is 22.8 Å². The molecule has 20 heavy (non-hydrogen) atoms. The maximum Gasteiger partial charge on any atom is 0.288 e. The SMILES string of the molecule is O=[N+]([O-])c1cc(CNc2ccc(Cl)c(Br)c2)ccc1Cl. The van der Waals surface area contributed by atoms with Crippen molar-refractivity contribution in [1.29, 1.82) is 0 Å². The van der Waals surface area contributed by atoms with Gasteiger partial charge < -0.3 is 5.32 Å². The largest absolute Gasteiger partial charge is 0.381 e. The van der Waals surface area contributed by atoms with E-state index in [1.165, 1.54) is 12.1 Å². The van der Waals surface area contributed by atoms with Crippen molar-refractivity contribution in [3.8, 4) is 0 Å². The predicted molar refractivity (Wildman–Crippen MR) is 84.6 cm³/mol. The first-order valence-corrected chi connectivity index (χ1v) is 7.14. The zero-order valence-electron chi connectivity index (χ0n) is 10.1. The Labute approximate surface area is 134 Å². The summed E-state index contributed by atoms with van der Waals surface area (Å²) in [7, 11) is 0. The molecule has 104 valence electrons. The molecule has 2 aromatic carbocycles. The lowest BCUT2D eigenvalue weighted by Crippen LogP contribution is -2.00. The molecule has 0 aliphatic carbocycles. The van der Waals surface area contributed by atoms with E-state index in [0.29, 0.717) is 11.6 Å². The first-order chi connectivity index (χ1) is 9.47. The molecular weight excluding hydrogens is 367 g/mol. The molecule has 0 aliphatic heterocycles. The molecule has 0 aromatic heterocycles. The minimum atomic E-state index is -0.495. The zero-order chi connectivity index (χ0) is 14.7. The third-order valence-electron chi connectivity index (χ3n) is 2.62. The highest BCUT2D eigenvalue weighted by molar-refractivity contribution is 9.10. The quantitative estimate of drug-likeness (QED) is 0.584. The molecule has 0 saturated heterocycles. The maximum atomic E-state index is 10.8. The third-order valence-corrected chi connectivity index (χ3v) is 4.16. The van der Waals surface area contributed by atoms with Crippen LogP contribution in [0.2, 0.25) is 10.0 Å². The van der Waals surface area contributed by atoms with Gasteiger partial charge in [0.05, 0.1) is 9.95 Å². The second-order valence-electron chi connectivity index (χ2n) is 4.03. The van der Waals surface area contributed by atoms with E-state index in [4.69, 9.17) is 23.2 Å². The molecule has 0 saturated carbocycles. The summed E-state index contributed by atoms with van der Waals surface area (Å²) < 4.78 is 0.784. The van der Waals surface area contributed by atoms with E-state index in [9.17, 15) is 10.1 Å². The smallest absolute Gasteiger partial charge is 0.288 e. The normalized spacial score (nSPS) is 10.3. The van der Waals surface area contributed by atoms with Crippen LogP contribution in [0.15, 0.2) is 40.9 Å². The summed E-state index contributed by atoms with van der Waals surface area (Å²) in [4.78, 5) is 10.3. The van der Waals surface area contributed by atoms with E-state index in [-0.39, 0.29) is 10.7 Å². The van der Waals surface area contributed by atoms with Gasteiger partial charge in [0.2, 0.25) is 0 Å². The minimum Gasteiger partial charge on any atom is -0.381 e. The van der Waals surface area contributed by atoms with Crippen molar-refractivity contribution in [2.45, 2.75) is 6.54 Å². The monoisotopic (exact) mass is 374 g/mol. The Morgan fingerprint density at radius 2 is 1.85 bits per heavy atom. The van der Waals surface area contributed by atoms with Crippen molar-refractivity contribution in [2.75, 3.05) is 5.32 Å². The Hall–Kier alpha value is -1.30. The van der Waals surface area contributed by atoms with Crippen LogP contribution in [-0.2, 0) is 6.54 Å². The van der Waals surface area contributed by atoms with Gasteiger partial charge >= 0.3 is 0 Å². The number of nitro benzene ring substituents is 1. The van der Waals surface area contributed by atoms with Crippen LogP contribution in [0.25, 0.3) is 0 Å². The molecular formula is C13H9BrCl2N2O2. The first-order valence-electron chi connectivity index (χ1n) is 5.59. The van der Waals surface area contributed by atoms with E-state index < -0.39 is 4.92 Å².